The van der Waals surface area contributed by atoms with E-state index in [9.17, 15) is 9.59 Å². The SMILES string of the molecule is CCOC(=O)c1ccc(C(C)c2ccc(OC(OC)C(C)=O)cc2)cc1. The van der Waals surface area contributed by atoms with Gasteiger partial charge in [-0.25, -0.2) is 4.79 Å². The Balaban J connectivity index is 2.08. The fourth-order valence-electron chi connectivity index (χ4n) is 2.57. The van der Waals surface area contributed by atoms with E-state index in [1.807, 2.05) is 36.4 Å². The van der Waals surface area contributed by atoms with Crippen LogP contribution in [0, 0.1) is 0 Å². The van der Waals surface area contributed by atoms with Crippen LogP contribution in [0.2, 0.25) is 0 Å². The third-order valence-corrected chi connectivity index (χ3v) is 4.09. The Kier molecular flexibility index (Phi) is 6.92. The molecule has 2 atom stereocenters. The summed E-state index contributed by atoms with van der Waals surface area (Å²) in [5.74, 6) is 0.213. The number of benzene rings is 2. The van der Waals surface area contributed by atoms with Gasteiger partial charge < -0.3 is 14.2 Å². The summed E-state index contributed by atoms with van der Waals surface area (Å²) in [5.41, 5.74) is 2.73. The molecular formula is C21H24O5. The van der Waals surface area contributed by atoms with Crippen LogP contribution in [0.25, 0.3) is 0 Å². The van der Waals surface area contributed by atoms with Gasteiger partial charge in [-0.1, -0.05) is 31.2 Å². The molecule has 0 aliphatic carbocycles. The van der Waals surface area contributed by atoms with Crippen molar-refractivity contribution in [3.05, 3.63) is 65.2 Å². The summed E-state index contributed by atoms with van der Waals surface area (Å²) < 4.78 is 15.5. The number of carbonyl (C=O) groups is 2. The summed E-state index contributed by atoms with van der Waals surface area (Å²) in [6.45, 7) is 5.65. The van der Waals surface area contributed by atoms with Crippen molar-refractivity contribution < 1.29 is 23.8 Å². The predicted octanol–water partition coefficient (Wildman–Crippen LogP) is 3.96. The smallest absolute Gasteiger partial charge is 0.338 e. The van der Waals surface area contributed by atoms with Crippen molar-refractivity contribution in [2.75, 3.05) is 13.7 Å². The maximum atomic E-state index is 11.7. The fourth-order valence-corrected chi connectivity index (χ4v) is 2.57. The minimum absolute atomic E-state index is 0.145. The molecule has 2 aromatic rings. The van der Waals surface area contributed by atoms with E-state index in [0.29, 0.717) is 17.9 Å². The lowest BCUT2D eigenvalue weighted by Gasteiger charge is -2.16. The topological polar surface area (TPSA) is 61.8 Å². The molecule has 2 unspecified atom stereocenters. The summed E-state index contributed by atoms with van der Waals surface area (Å²) in [6.07, 6.45) is -0.895. The second kappa shape index (κ2) is 9.15. The van der Waals surface area contributed by atoms with Gasteiger partial charge in [-0.05, 0) is 42.3 Å². The van der Waals surface area contributed by atoms with Gasteiger partial charge in [-0.2, -0.15) is 0 Å². The summed E-state index contributed by atoms with van der Waals surface area (Å²) in [6, 6.07) is 14.9. The quantitative estimate of drug-likeness (QED) is 0.529. The van der Waals surface area contributed by atoms with Crippen LogP contribution in [0.4, 0.5) is 0 Å². The van der Waals surface area contributed by atoms with Gasteiger partial charge in [0.25, 0.3) is 6.29 Å². The van der Waals surface area contributed by atoms with Crippen LogP contribution in [-0.2, 0) is 14.3 Å². The normalized spacial score (nSPS) is 12.9. The molecule has 5 nitrogen and oxygen atoms in total. The van der Waals surface area contributed by atoms with Gasteiger partial charge in [0.2, 0.25) is 0 Å². The van der Waals surface area contributed by atoms with Gasteiger partial charge in [0.05, 0.1) is 12.2 Å². The first-order valence-electron chi connectivity index (χ1n) is 8.53. The molecule has 0 saturated carbocycles. The standard InChI is InChI=1S/C21H24O5/c1-5-25-20(23)18-8-6-16(7-9-18)14(2)17-10-12-19(13-11-17)26-21(24-4)15(3)22/h6-14,21H,5H2,1-4H3. The van der Waals surface area contributed by atoms with E-state index >= 15 is 0 Å². The zero-order valence-electron chi connectivity index (χ0n) is 15.5. The number of ketones is 1. The van der Waals surface area contributed by atoms with Crippen molar-refractivity contribution in [3.63, 3.8) is 0 Å². The van der Waals surface area contributed by atoms with Gasteiger partial charge in [0.1, 0.15) is 5.75 Å². The molecule has 26 heavy (non-hydrogen) atoms. The van der Waals surface area contributed by atoms with Crippen molar-refractivity contribution >= 4 is 11.8 Å². The molecule has 0 bridgehead atoms. The third-order valence-electron chi connectivity index (χ3n) is 4.09. The Morgan fingerprint density at radius 3 is 1.96 bits per heavy atom. The van der Waals surface area contributed by atoms with Crippen LogP contribution < -0.4 is 4.74 Å². The molecule has 0 aliphatic rings. The van der Waals surface area contributed by atoms with Gasteiger partial charge in [0.15, 0.2) is 5.78 Å². The number of methoxy groups -OCH3 is 1. The van der Waals surface area contributed by atoms with Crippen LogP contribution in [0.15, 0.2) is 48.5 Å². The van der Waals surface area contributed by atoms with E-state index in [-0.39, 0.29) is 17.7 Å². The summed E-state index contributed by atoms with van der Waals surface area (Å²) in [7, 11) is 1.43. The van der Waals surface area contributed by atoms with Crippen molar-refractivity contribution in [1.29, 1.82) is 0 Å². The van der Waals surface area contributed by atoms with E-state index in [1.54, 1.807) is 19.1 Å². The Hall–Kier alpha value is -2.66. The minimum Gasteiger partial charge on any atom is -0.462 e. The van der Waals surface area contributed by atoms with Crippen LogP contribution in [0.1, 0.15) is 48.2 Å². The molecule has 0 fully saturated rings. The fraction of sp³-hybridized carbons (Fsp3) is 0.333. The first-order valence-corrected chi connectivity index (χ1v) is 8.53. The molecule has 0 aromatic heterocycles. The highest BCUT2D eigenvalue weighted by Gasteiger charge is 2.15. The minimum atomic E-state index is -0.895. The average molecular weight is 356 g/mol. The number of carbonyl (C=O) groups excluding carboxylic acids is 2. The molecule has 0 N–H and O–H groups in total. The zero-order chi connectivity index (χ0) is 19.1. The van der Waals surface area contributed by atoms with Crippen LogP contribution in [0.3, 0.4) is 0 Å². The highest BCUT2D eigenvalue weighted by molar-refractivity contribution is 5.89. The molecule has 0 saturated heterocycles. The number of Topliss-reactive ketones (excluding diaryl/α,β-unsaturated/α-hetero) is 1. The van der Waals surface area contributed by atoms with Crippen LogP contribution >= 0.6 is 0 Å². The van der Waals surface area contributed by atoms with Gasteiger partial charge >= 0.3 is 5.97 Å². The summed E-state index contributed by atoms with van der Waals surface area (Å²) in [4.78, 5) is 23.1. The molecule has 0 spiro atoms. The van der Waals surface area contributed by atoms with E-state index < -0.39 is 6.29 Å². The molecule has 0 radical (unpaired) electrons. The Bertz CT molecular complexity index is 734. The average Bonchev–Trinajstić information content (AvgIpc) is 2.66. The first-order chi connectivity index (χ1) is 12.5. The van der Waals surface area contributed by atoms with Crippen LogP contribution in [-0.4, -0.2) is 31.8 Å². The molecule has 5 heteroatoms. The number of hydrogen-bond acceptors (Lipinski definition) is 5. The number of ether oxygens (including phenoxy) is 3. The Labute approximate surface area is 153 Å². The number of rotatable bonds is 8. The van der Waals surface area contributed by atoms with Crippen molar-refractivity contribution in [3.8, 4) is 5.75 Å². The maximum Gasteiger partial charge on any atom is 0.338 e. The van der Waals surface area contributed by atoms with E-state index in [0.717, 1.165) is 11.1 Å². The molecule has 2 rings (SSSR count). The summed E-state index contributed by atoms with van der Waals surface area (Å²) in [5, 5.41) is 0. The molecule has 138 valence electrons. The second-order valence-corrected chi connectivity index (χ2v) is 5.93. The predicted molar refractivity (Wildman–Crippen MR) is 98.5 cm³/mol. The van der Waals surface area contributed by atoms with Crippen LogP contribution in [0.5, 0.6) is 5.75 Å². The highest BCUT2D eigenvalue weighted by atomic mass is 16.7. The first kappa shape index (κ1) is 19.7. The lowest BCUT2D eigenvalue weighted by molar-refractivity contribution is -0.143. The van der Waals surface area contributed by atoms with Crippen molar-refractivity contribution in [2.24, 2.45) is 0 Å². The maximum absolute atomic E-state index is 11.7. The largest absolute Gasteiger partial charge is 0.462 e. The molecular weight excluding hydrogens is 332 g/mol. The van der Waals surface area contributed by atoms with Gasteiger partial charge in [0, 0.05) is 20.0 Å². The summed E-state index contributed by atoms with van der Waals surface area (Å²) >= 11 is 0. The Morgan fingerprint density at radius 2 is 1.50 bits per heavy atom. The third kappa shape index (κ3) is 4.92. The monoisotopic (exact) mass is 356 g/mol. The van der Waals surface area contributed by atoms with Gasteiger partial charge in [-0.15, -0.1) is 0 Å². The molecule has 2 aromatic carbocycles. The molecule has 0 amide bonds. The van der Waals surface area contributed by atoms with E-state index in [4.69, 9.17) is 14.2 Å². The lowest BCUT2D eigenvalue weighted by atomic mass is 9.92. The molecule has 0 heterocycles. The van der Waals surface area contributed by atoms with E-state index in [1.165, 1.54) is 14.0 Å². The van der Waals surface area contributed by atoms with E-state index in [2.05, 4.69) is 6.92 Å². The highest BCUT2D eigenvalue weighted by Crippen LogP contribution is 2.26. The number of esters is 1. The zero-order valence-corrected chi connectivity index (χ0v) is 15.5. The Morgan fingerprint density at radius 1 is 0.962 bits per heavy atom. The second-order valence-electron chi connectivity index (χ2n) is 5.93. The van der Waals surface area contributed by atoms with Gasteiger partial charge in [-0.3, -0.25) is 4.79 Å². The van der Waals surface area contributed by atoms with Crippen molar-refractivity contribution in [1.82, 2.24) is 0 Å². The lowest BCUT2D eigenvalue weighted by Crippen LogP contribution is -2.26. The number of hydrogen-bond donors (Lipinski definition) is 0. The van der Waals surface area contributed by atoms with Crippen molar-refractivity contribution in [2.45, 2.75) is 33.0 Å². The molecule has 0 aliphatic heterocycles.